The molecule has 0 radical (unpaired) electrons. The monoisotopic (exact) mass is 476 g/mol. The van der Waals surface area contributed by atoms with Crippen LogP contribution in [0.1, 0.15) is 49.1 Å². The minimum Gasteiger partial charge on any atom is -0.444 e. The number of anilines is 1. The second-order valence-corrected chi connectivity index (χ2v) is 11.1. The Balaban J connectivity index is 1.37. The number of amides is 3. The molecule has 0 aromatic carbocycles. The molecule has 4 heterocycles. The SMILES string of the molecule is CC(C)(C)OC(=O)N1CCc2nc(NC(=O)C3CCCN3C(=O)Cc3cccs3)sc2C1. The fourth-order valence-electron chi connectivity index (χ4n) is 3.92. The van der Waals surface area contributed by atoms with Crippen molar-refractivity contribution in [1.82, 2.24) is 14.8 Å². The molecule has 1 atom stereocenters. The van der Waals surface area contributed by atoms with E-state index in [1.54, 1.807) is 21.1 Å². The smallest absolute Gasteiger partial charge is 0.410 e. The van der Waals surface area contributed by atoms with Crippen LogP contribution in [-0.4, -0.2) is 57.4 Å². The average molecular weight is 477 g/mol. The van der Waals surface area contributed by atoms with Crippen LogP contribution in [0, 0.1) is 0 Å². The first-order chi connectivity index (χ1) is 15.2. The molecule has 1 N–H and O–H groups in total. The van der Waals surface area contributed by atoms with Gasteiger partial charge in [0.2, 0.25) is 11.8 Å². The summed E-state index contributed by atoms with van der Waals surface area (Å²) in [6, 6.07) is 3.39. The molecule has 3 amide bonds. The largest absolute Gasteiger partial charge is 0.444 e. The predicted molar refractivity (Wildman–Crippen MR) is 124 cm³/mol. The lowest BCUT2D eigenvalue weighted by Gasteiger charge is -2.29. The number of carbonyl (C=O) groups excluding carboxylic acids is 3. The molecule has 2 aliphatic rings. The van der Waals surface area contributed by atoms with Crippen molar-refractivity contribution < 1.29 is 19.1 Å². The summed E-state index contributed by atoms with van der Waals surface area (Å²) in [4.78, 5) is 47.9. The van der Waals surface area contributed by atoms with E-state index in [2.05, 4.69) is 10.3 Å². The van der Waals surface area contributed by atoms with E-state index in [4.69, 9.17) is 4.74 Å². The first-order valence-electron chi connectivity index (χ1n) is 10.8. The molecule has 0 bridgehead atoms. The van der Waals surface area contributed by atoms with Crippen LogP contribution in [-0.2, 0) is 33.7 Å². The number of rotatable bonds is 4. The number of thiazole rings is 1. The van der Waals surface area contributed by atoms with Gasteiger partial charge >= 0.3 is 6.09 Å². The fourth-order valence-corrected chi connectivity index (χ4v) is 5.64. The minimum atomic E-state index is -0.543. The van der Waals surface area contributed by atoms with Crippen LogP contribution in [0.5, 0.6) is 0 Å². The molecule has 0 saturated carbocycles. The van der Waals surface area contributed by atoms with Gasteiger partial charge in [0.1, 0.15) is 11.6 Å². The molecule has 2 aromatic rings. The van der Waals surface area contributed by atoms with Crippen LogP contribution >= 0.6 is 22.7 Å². The highest BCUT2D eigenvalue weighted by Gasteiger charge is 2.35. The van der Waals surface area contributed by atoms with Crippen LogP contribution in [0.3, 0.4) is 0 Å². The van der Waals surface area contributed by atoms with Gasteiger partial charge in [0.25, 0.3) is 0 Å². The summed E-state index contributed by atoms with van der Waals surface area (Å²) in [6.45, 7) is 7.09. The molecule has 8 nitrogen and oxygen atoms in total. The molecule has 172 valence electrons. The van der Waals surface area contributed by atoms with Crippen molar-refractivity contribution in [2.24, 2.45) is 0 Å². The summed E-state index contributed by atoms with van der Waals surface area (Å²) >= 11 is 2.93. The van der Waals surface area contributed by atoms with Gasteiger partial charge < -0.3 is 19.9 Å². The molecular weight excluding hydrogens is 448 g/mol. The summed E-state index contributed by atoms with van der Waals surface area (Å²) in [7, 11) is 0. The number of aromatic nitrogens is 1. The van der Waals surface area contributed by atoms with E-state index >= 15 is 0 Å². The van der Waals surface area contributed by atoms with Gasteiger partial charge in [-0.05, 0) is 45.1 Å². The second-order valence-electron chi connectivity index (χ2n) is 9.03. The Morgan fingerprint density at radius 2 is 2.09 bits per heavy atom. The maximum Gasteiger partial charge on any atom is 0.410 e. The Labute approximate surface area is 195 Å². The number of likely N-dealkylation sites (tertiary alicyclic amines) is 1. The lowest BCUT2D eigenvalue weighted by Crippen LogP contribution is -2.43. The van der Waals surface area contributed by atoms with E-state index in [0.29, 0.717) is 44.0 Å². The number of nitrogens with zero attached hydrogens (tertiary/aromatic N) is 3. The number of ether oxygens (including phenoxy) is 1. The molecule has 0 spiro atoms. The molecule has 0 aliphatic carbocycles. The Bertz CT molecular complexity index is 996. The fraction of sp³-hybridized carbons (Fsp3) is 0.545. The van der Waals surface area contributed by atoms with Gasteiger partial charge in [-0.15, -0.1) is 11.3 Å². The average Bonchev–Trinajstić information content (AvgIpc) is 3.46. The number of thiophene rings is 1. The van der Waals surface area contributed by atoms with Crippen molar-refractivity contribution in [3.05, 3.63) is 33.0 Å². The van der Waals surface area contributed by atoms with Crippen LogP contribution in [0.4, 0.5) is 9.93 Å². The van der Waals surface area contributed by atoms with Crippen molar-refractivity contribution in [1.29, 1.82) is 0 Å². The Kier molecular flexibility index (Phi) is 6.52. The predicted octanol–water partition coefficient (Wildman–Crippen LogP) is 3.67. The number of nitrogens with one attached hydrogen (secondary N) is 1. The van der Waals surface area contributed by atoms with Crippen LogP contribution in [0.25, 0.3) is 0 Å². The lowest BCUT2D eigenvalue weighted by molar-refractivity contribution is -0.136. The van der Waals surface area contributed by atoms with Gasteiger partial charge in [0.15, 0.2) is 5.13 Å². The Hall–Kier alpha value is -2.46. The van der Waals surface area contributed by atoms with Crippen molar-refractivity contribution >= 4 is 45.7 Å². The third-order valence-corrected chi connectivity index (χ3v) is 7.27. The molecule has 4 rings (SSSR count). The summed E-state index contributed by atoms with van der Waals surface area (Å²) < 4.78 is 5.47. The molecule has 2 aromatic heterocycles. The first kappa shape index (κ1) is 22.7. The number of carbonyl (C=O) groups is 3. The standard InChI is InChI=1S/C22H28N4O4S2/c1-22(2,3)30-21(29)25-10-8-15-17(13-25)32-20(23-15)24-19(28)16-7-4-9-26(16)18(27)12-14-6-5-11-31-14/h5-6,11,16H,4,7-10,12-13H2,1-3H3,(H,23,24,28). The van der Waals surface area contributed by atoms with Gasteiger partial charge in [-0.1, -0.05) is 17.4 Å². The zero-order valence-corrected chi connectivity index (χ0v) is 20.2. The second kappa shape index (κ2) is 9.19. The van der Waals surface area contributed by atoms with Crippen molar-refractivity contribution in [2.75, 3.05) is 18.4 Å². The highest BCUT2D eigenvalue weighted by Crippen LogP contribution is 2.30. The third-order valence-electron chi connectivity index (χ3n) is 5.39. The zero-order valence-electron chi connectivity index (χ0n) is 18.6. The highest BCUT2D eigenvalue weighted by molar-refractivity contribution is 7.15. The van der Waals surface area contributed by atoms with E-state index in [0.717, 1.165) is 21.9 Å². The van der Waals surface area contributed by atoms with Crippen LogP contribution in [0.15, 0.2) is 17.5 Å². The molecule has 1 unspecified atom stereocenters. The van der Waals surface area contributed by atoms with E-state index in [1.807, 2.05) is 38.3 Å². The van der Waals surface area contributed by atoms with E-state index in [-0.39, 0.29) is 17.9 Å². The topological polar surface area (TPSA) is 91.8 Å². The zero-order chi connectivity index (χ0) is 22.9. The van der Waals surface area contributed by atoms with Crippen molar-refractivity contribution in [3.63, 3.8) is 0 Å². The van der Waals surface area contributed by atoms with Crippen molar-refractivity contribution in [3.8, 4) is 0 Å². The van der Waals surface area contributed by atoms with E-state index < -0.39 is 11.6 Å². The van der Waals surface area contributed by atoms with Gasteiger partial charge in [0, 0.05) is 29.3 Å². The quantitative estimate of drug-likeness (QED) is 0.727. The number of fused-ring (bicyclic) bond motifs is 1. The Morgan fingerprint density at radius 3 is 2.81 bits per heavy atom. The van der Waals surface area contributed by atoms with Gasteiger partial charge in [0.05, 0.1) is 18.7 Å². The van der Waals surface area contributed by atoms with E-state index in [9.17, 15) is 14.4 Å². The molecule has 1 saturated heterocycles. The molecule has 2 aliphatic heterocycles. The summed E-state index contributed by atoms with van der Waals surface area (Å²) in [6.07, 6.45) is 2.07. The number of hydrogen-bond acceptors (Lipinski definition) is 7. The van der Waals surface area contributed by atoms with Crippen molar-refractivity contribution in [2.45, 2.75) is 64.6 Å². The molecule has 10 heteroatoms. The van der Waals surface area contributed by atoms with Gasteiger partial charge in [-0.3, -0.25) is 9.59 Å². The summed E-state index contributed by atoms with van der Waals surface area (Å²) in [5, 5.41) is 5.38. The maximum absolute atomic E-state index is 13.0. The van der Waals surface area contributed by atoms with Gasteiger partial charge in [-0.2, -0.15) is 0 Å². The minimum absolute atomic E-state index is 0.0171. The maximum atomic E-state index is 13.0. The molecule has 1 fully saturated rings. The molecule has 32 heavy (non-hydrogen) atoms. The summed E-state index contributed by atoms with van der Waals surface area (Å²) in [5.41, 5.74) is 0.361. The highest BCUT2D eigenvalue weighted by atomic mass is 32.1. The Morgan fingerprint density at radius 1 is 1.28 bits per heavy atom. The van der Waals surface area contributed by atoms with Crippen LogP contribution in [0.2, 0.25) is 0 Å². The van der Waals surface area contributed by atoms with Gasteiger partial charge in [-0.25, -0.2) is 9.78 Å². The first-order valence-corrected chi connectivity index (χ1v) is 12.5. The van der Waals surface area contributed by atoms with Crippen LogP contribution < -0.4 is 5.32 Å². The third kappa shape index (κ3) is 5.29. The number of hydrogen-bond donors (Lipinski definition) is 1. The molecular formula is C22H28N4O4S2. The van der Waals surface area contributed by atoms with E-state index in [1.165, 1.54) is 11.3 Å². The normalized spacial score (nSPS) is 18.4. The summed E-state index contributed by atoms with van der Waals surface area (Å²) in [5.74, 6) is -0.214. The lowest BCUT2D eigenvalue weighted by atomic mass is 10.2.